The fourth-order valence-electron chi connectivity index (χ4n) is 3.67. The molecule has 0 amide bonds. The predicted octanol–water partition coefficient (Wildman–Crippen LogP) is 4.05. The van der Waals surface area contributed by atoms with E-state index in [1.807, 2.05) is 36.4 Å². The lowest BCUT2D eigenvalue weighted by molar-refractivity contribution is 0.415. The van der Waals surface area contributed by atoms with Crippen LogP contribution in [0.5, 0.6) is 5.75 Å². The number of nitrogens with one attached hydrogen (secondary N) is 1. The third kappa shape index (κ3) is 4.65. The second-order valence-electron chi connectivity index (χ2n) is 7.32. The molecule has 3 heterocycles. The van der Waals surface area contributed by atoms with Crippen molar-refractivity contribution in [1.82, 2.24) is 15.0 Å². The number of nitrogens with zero attached hydrogens (tertiary/aromatic N) is 4. The van der Waals surface area contributed by atoms with E-state index in [4.69, 9.17) is 9.72 Å². The van der Waals surface area contributed by atoms with E-state index in [1.54, 1.807) is 13.3 Å². The highest BCUT2D eigenvalue weighted by Gasteiger charge is 2.23. The first-order chi connectivity index (χ1) is 14.2. The molecule has 0 radical (unpaired) electrons. The third-order valence-corrected chi connectivity index (χ3v) is 5.31. The second kappa shape index (κ2) is 8.90. The van der Waals surface area contributed by atoms with Crippen molar-refractivity contribution in [3.8, 4) is 17.3 Å². The van der Waals surface area contributed by atoms with Gasteiger partial charge in [-0.1, -0.05) is 19.1 Å². The smallest absolute Gasteiger partial charge is 0.180 e. The summed E-state index contributed by atoms with van der Waals surface area (Å²) in [5.74, 6) is 3.02. The van der Waals surface area contributed by atoms with Gasteiger partial charge in [-0.2, -0.15) is 0 Å². The second-order valence-corrected chi connectivity index (χ2v) is 7.32. The molecular formula is C23H27N5O. The van der Waals surface area contributed by atoms with E-state index in [0.29, 0.717) is 11.7 Å². The van der Waals surface area contributed by atoms with E-state index in [1.165, 1.54) is 5.69 Å². The first kappa shape index (κ1) is 19.2. The summed E-state index contributed by atoms with van der Waals surface area (Å²) in [5, 5.41) is 3.54. The molecule has 2 aromatic heterocycles. The summed E-state index contributed by atoms with van der Waals surface area (Å²) in [7, 11) is 1.71. The van der Waals surface area contributed by atoms with Gasteiger partial charge in [0.2, 0.25) is 0 Å². The van der Waals surface area contributed by atoms with Crippen molar-refractivity contribution in [2.45, 2.75) is 19.8 Å². The number of rotatable bonds is 7. The van der Waals surface area contributed by atoms with Crippen molar-refractivity contribution in [3.63, 3.8) is 0 Å². The van der Waals surface area contributed by atoms with Crippen LogP contribution in [-0.2, 0) is 6.42 Å². The topological polar surface area (TPSA) is 63.2 Å². The Balaban J connectivity index is 1.41. The van der Waals surface area contributed by atoms with E-state index in [9.17, 15) is 0 Å². The van der Waals surface area contributed by atoms with Crippen molar-refractivity contribution in [1.29, 1.82) is 0 Å². The number of pyridine rings is 1. The number of ether oxygens (including phenoxy) is 1. The van der Waals surface area contributed by atoms with Crippen molar-refractivity contribution < 1.29 is 4.74 Å². The monoisotopic (exact) mass is 389 g/mol. The Morgan fingerprint density at radius 3 is 2.86 bits per heavy atom. The van der Waals surface area contributed by atoms with Gasteiger partial charge in [0.15, 0.2) is 5.82 Å². The van der Waals surface area contributed by atoms with Gasteiger partial charge in [0, 0.05) is 49.3 Å². The molecule has 1 fully saturated rings. The molecule has 0 bridgehead atoms. The average molecular weight is 390 g/mol. The quantitative estimate of drug-likeness (QED) is 0.658. The summed E-state index contributed by atoms with van der Waals surface area (Å²) in [6.07, 6.45) is 3.79. The lowest BCUT2D eigenvalue weighted by Crippen LogP contribution is -2.22. The van der Waals surface area contributed by atoms with Crippen LogP contribution in [0.3, 0.4) is 0 Å². The first-order valence-corrected chi connectivity index (χ1v) is 10.2. The van der Waals surface area contributed by atoms with Crippen molar-refractivity contribution >= 4 is 11.5 Å². The minimum atomic E-state index is 0.569. The molecule has 6 heteroatoms. The van der Waals surface area contributed by atoms with Crippen LogP contribution in [0.15, 0.2) is 54.7 Å². The van der Waals surface area contributed by atoms with Gasteiger partial charge in [0.1, 0.15) is 17.3 Å². The molecule has 0 saturated carbocycles. The van der Waals surface area contributed by atoms with E-state index < -0.39 is 0 Å². The van der Waals surface area contributed by atoms with E-state index in [0.717, 1.165) is 55.4 Å². The number of aromatic nitrogens is 3. The Labute approximate surface area is 172 Å². The standard InChI is InChI=1S/C23H27N5O/c1-3-18-13-22(27-23(26-18)21-9-4-5-11-24-21)25-15-17-10-12-28(16-17)19-7-6-8-20(14-19)29-2/h4-9,11,13-14,17H,3,10,12,15-16H2,1-2H3,(H,25,26,27). The minimum Gasteiger partial charge on any atom is -0.497 e. The molecule has 1 aromatic carbocycles. The Bertz CT molecular complexity index is 947. The summed E-state index contributed by atoms with van der Waals surface area (Å²) < 4.78 is 5.36. The summed E-state index contributed by atoms with van der Waals surface area (Å²) in [6.45, 7) is 5.08. The number of hydrogen-bond acceptors (Lipinski definition) is 6. The zero-order chi connectivity index (χ0) is 20.1. The van der Waals surface area contributed by atoms with Crippen LogP contribution in [-0.4, -0.2) is 41.7 Å². The fraction of sp³-hybridized carbons (Fsp3) is 0.348. The fourth-order valence-corrected chi connectivity index (χ4v) is 3.67. The van der Waals surface area contributed by atoms with Crippen LogP contribution < -0.4 is 15.0 Å². The molecule has 1 aliphatic rings. The lowest BCUT2D eigenvalue weighted by Gasteiger charge is -2.19. The highest BCUT2D eigenvalue weighted by molar-refractivity contribution is 5.53. The Morgan fingerprint density at radius 1 is 1.14 bits per heavy atom. The highest BCUT2D eigenvalue weighted by atomic mass is 16.5. The number of anilines is 2. The molecular weight excluding hydrogens is 362 g/mol. The van der Waals surface area contributed by atoms with E-state index >= 15 is 0 Å². The Morgan fingerprint density at radius 2 is 2.07 bits per heavy atom. The minimum absolute atomic E-state index is 0.569. The van der Waals surface area contributed by atoms with E-state index in [-0.39, 0.29) is 0 Å². The van der Waals surface area contributed by atoms with Crippen LogP contribution >= 0.6 is 0 Å². The zero-order valence-electron chi connectivity index (χ0n) is 17.0. The van der Waals surface area contributed by atoms with Gasteiger partial charge >= 0.3 is 0 Å². The van der Waals surface area contributed by atoms with E-state index in [2.05, 4.69) is 39.2 Å². The normalized spacial score (nSPS) is 16.1. The van der Waals surface area contributed by atoms with Crippen molar-refractivity contribution in [3.05, 3.63) is 60.4 Å². The third-order valence-electron chi connectivity index (χ3n) is 5.31. The molecule has 4 rings (SSSR count). The molecule has 1 atom stereocenters. The lowest BCUT2D eigenvalue weighted by atomic mass is 10.1. The highest BCUT2D eigenvalue weighted by Crippen LogP contribution is 2.27. The van der Waals surface area contributed by atoms with Gasteiger partial charge in [-0.05, 0) is 43.0 Å². The molecule has 3 aromatic rings. The molecule has 150 valence electrons. The van der Waals surface area contributed by atoms with Crippen LogP contribution in [0.4, 0.5) is 11.5 Å². The number of methoxy groups -OCH3 is 1. The maximum Gasteiger partial charge on any atom is 0.180 e. The van der Waals surface area contributed by atoms with Gasteiger partial charge in [-0.25, -0.2) is 9.97 Å². The SMILES string of the molecule is CCc1cc(NCC2CCN(c3cccc(OC)c3)C2)nc(-c2ccccn2)n1. The van der Waals surface area contributed by atoms with Crippen molar-refractivity contribution in [2.24, 2.45) is 5.92 Å². The Kier molecular flexibility index (Phi) is 5.89. The van der Waals surface area contributed by atoms with Crippen LogP contribution in [0.2, 0.25) is 0 Å². The summed E-state index contributed by atoms with van der Waals surface area (Å²) >= 11 is 0. The summed E-state index contributed by atoms with van der Waals surface area (Å²) in [6, 6.07) is 16.1. The average Bonchev–Trinajstić information content (AvgIpc) is 3.27. The maximum absolute atomic E-state index is 5.36. The molecule has 1 aliphatic heterocycles. The van der Waals surface area contributed by atoms with Crippen LogP contribution in [0.25, 0.3) is 11.5 Å². The molecule has 1 saturated heterocycles. The van der Waals surface area contributed by atoms with Gasteiger partial charge in [0.05, 0.1) is 7.11 Å². The molecule has 29 heavy (non-hydrogen) atoms. The van der Waals surface area contributed by atoms with Gasteiger partial charge in [0.25, 0.3) is 0 Å². The molecule has 6 nitrogen and oxygen atoms in total. The molecule has 0 aliphatic carbocycles. The maximum atomic E-state index is 5.36. The summed E-state index contributed by atoms with van der Waals surface area (Å²) in [4.78, 5) is 16.1. The first-order valence-electron chi connectivity index (χ1n) is 10.2. The number of aryl methyl sites for hydroxylation is 1. The Hall–Kier alpha value is -3.15. The van der Waals surface area contributed by atoms with Crippen LogP contribution in [0, 0.1) is 5.92 Å². The number of hydrogen-bond donors (Lipinski definition) is 1. The van der Waals surface area contributed by atoms with Crippen molar-refractivity contribution in [2.75, 3.05) is 37.0 Å². The van der Waals surface area contributed by atoms with Gasteiger partial charge in [-0.3, -0.25) is 4.98 Å². The molecule has 1 N–H and O–H groups in total. The molecule has 0 spiro atoms. The largest absolute Gasteiger partial charge is 0.497 e. The van der Waals surface area contributed by atoms with Crippen LogP contribution in [0.1, 0.15) is 19.0 Å². The number of benzene rings is 1. The van der Waals surface area contributed by atoms with Gasteiger partial charge in [-0.15, -0.1) is 0 Å². The zero-order valence-corrected chi connectivity index (χ0v) is 17.0. The predicted molar refractivity (Wildman–Crippen MR) is 116 cm³/mol. The molecule has 1 unspecified atom stereocenters. The van der Waals surface area contributed by atoms with Gasteiger partial charge < -0.3 is 15.0 Å². The summed E-state index contributed by atoms with van der Waals surface area (Å²) in [5.41, 5.74) is 3.04.